The van der Waals surface area contributed by atoms with Gasteiger partial charge in [0.15, 0.2) is 11.5 Å². The number of likely N-dealkylation sites (tertiary alicyclic amines) is 1. The topological polar surface area (TPSA) is 52.9 Å². The lowest BCUT2D eigenvalue weighted by molar-refractivity contribution is -0.106. The lowest BCUT2D eigenvalue weighted by Crippen LogP contribution is -2.67. The molecule has 2 bridgehead atoms. The van der Waals surface area contributed by atoms with Crippen molar-refractivity contribution >= 4 is 0 Å². The highest BCUT2D eigenvalue weighted by molar-refractivity contribution is 5.60. The SMILES string of the molecule is CN1CC[C@]23c4c5ccc(O)c4O[C@H]2CCC(O)[C@H]3[C@H]1C5. The summed E-state index contributed by atoms with van der Waals surface area (Å²) in [6.07, 6.45) is 3.56. The van der Waals surface area contributed by atoms with Crippen LogP contribution in [0.5, 0.6) is 11.5 Å². The number of phenols is 1. The number of phenolic OH excluding ortho intramolecular Hbond substituents is 1. The molecule has 21 heavy (non-hydrogen) atoms. The van der Waals surface area contributed by atoms with Crippen LogP contribution < -0.4 is 4.74 Å². The van der Waals surface area contributed by atoms with E-state index < -0.39 is 0 Å². The summed E-state index contributed by atoms with van der Waals surface area (Å²) in [4.78, 5) is 2.41. The summed E-state index contributed by atoms with van der Waals surface area (Å²) >= 11 is 0. The number of hydrogen-bond acceptors (Lipinski definition) is 4. The molecule has 1 aromatic rings. The highest BCUT2D eigenvalue weighted by atomic mass is 16.5. The van der Waals surface area contributed by atoms with Crippen molar-refractivity contribution in [1.29, 1.82) is 0 Å². The smallest absolute Gasteiger partial charge is 0.165 e. The van der Waals surface area contributed by atoms with Gasteiger partial charge in [0.25, 0.3) is 0 Å². The van der Waals surface area contributed by atoms with E-state index >= 15 is 0 Å². The molecule has 0 radical (unpaired) electrons. The van der Waals surface area contributed by atoms with Crippen LogP contribution in [0.1, 0.15) is 30.4 Å². The minimum Gasteiger partial charge on any atom is -0.504 e. The fourth-order valence-corrected chi connectivity index (χ4v) is 5.73. The van der Waals surface area contributed by atoms with E-state index in [4.69, 9.17) is 4.74 Å². The molecule has 1 saturated heterocycles. The molecule has 112 valence electrons. The minimum atomic E-state index is -0.251. The molecule has 5 rings (SSSR count). The van der Waals surface area contributed by atoms with Crippen molar-refractivity contribution in [2.45, 2.75) is 49.3 Å². The van der Waals surface area contributed by atoms with Gasteiger partial charge in [-0.15, -0.1) is 0 Å². The molecule has 0 amide bonds. The zero-order chi connectivity index (χ0) is 14.4. The first-order chi connectivity index (χ1) is 10.1. The van der Waals surface area contributed by atoms with Gasteiger partial charge < -0.3 is 19.8 Å². The fraction of sp³-hybridized carbons (Fsp3) is 0.647. The van der Waals surface area contributed by atoms with Crippen LogP contribution in [0.4, 0.5) is 0 Å². The molecular formula is C17H21NO3. The average Bonchev–Trinajstić information content (AvgIpc) is 2.81. The first-order valence-electron chi connectivity index (χ1n) is 8.03. The predicted octanol–water partition coefficient (Wildman–Crippen LogP) is 1.42. The molecule has 2 aliphatic heterocycles. The maximum Gasteiger partial charge on any atom is 0.165 e. The van der Waals surface area contributed by atoms with Crippen LogP contribution in [0.15, 0.2) is 12.1 Å². The summed E-state index contributed by atoms with van der Waals surface area (Å²) in [7, 11) is 2.18. The van der Waals surface area contributed by atoms with Crippen LogP contribution in [0.25, 0.3) is 0 Å². The van der Waals surface area contributed by atoms with E-state index in [2.05, 4.69) is 18.0 Å². The molecule has 1 aromatic carbocycles. The second-order valence-corrected chi connectivity index (χ2v) is 7.27. The van der Waals surface area contributed by atoms with Crippen molar-refractivity contribution in [3.8, 4) is 11.5 Å². The summed E-state index contributed by atoms with van der Waals surface area (Å²) in [5.74, 6) is 1.22. The Balaban J connectivity index is 1.82. The van der Waals surface area contributed by atoms with Crippen LogP contribution in [-0.4, -0.2) is 47.0 Å². The minimum absolute atomic E-state index is 0.0729. The molecule has 2 N–H and O–H groups in total. The van der Waals surface area contributed by atoms with E-state index in [1.165, 1.54) is 11.1 Å². The molecule has 4 nitrogen and oxygen atoms in total. The molecule has 2 aliphatic carbocycles. The zero-order valence-corrected chi connectivity index (χ0v) is 12.2. The van der Waals surface area contributed by atoms with E-state index in [9.17, 15) is 10.2 Å². The summed E-state index contributed by atoms with van der Waals surface area (Å²) in [5, 5.41) is 20.9. The first kappa shape index (κ1) is 12.3. The number of rotatable bonds is 0. The third-order valence-electron chi connectivity index (χ3n) is 6.55. The summed E-state index contributed by atoms with van der Waals surface area (Å²) in [6.45, 7) is 1.04. The Bertz CT molecular complexity index is 631. The van der Waals surface area contributed by atoms with Crippen molar-refractivity contribution in [3.63, 3.8) is 0 Å². The van der Waals surface area contributed by atoms with Gasteiger partial charge in [0.05, 0.1) is 6.10 Å². The standard InChI is InChI=1S/C17H21NO3/c1-18-7-6-17-13-5-4-11(19)15(17)10(18)8-9-2-3-12(20)16(21-13)14(9)17/h2-3,10-11,13,15,19-20H,4-8H2,1H3/t10-,11?,13+,15-,17-/m1/s1. The monoisotopic (exact) mass is 287 g/mol. The Morgan fingerprint density at radius 3 is 3.05 bits per heavy atom. The highest BCUT2D eigenvalue weighted by Gasteiger charge is 2.65. The van der Waals surface area contributed by atoms with Crippen LogP contribution in [0, 0.1) is 5.92 Å². The Kier molecular flexibility index (Phi) is 2.19. The van der Waals surface area contributed by atoms with E-state index in [1.807, 2.05) is 0 Å². The van der Waals surface area contributed by atoms with Crippen molar-refractivity contribution in [2.75, 3.05) is 13.6 Å². The summed E-state index contributed by atoms with van der Waals surface area (Å²) in [5.41, 5.74) is 2.46. The van der Waals surface area contributed by atoms with E-state index in [0.29, 0.717) is 11.8 Å². The Labute approximate surface area is 124 Å². The van der Waals surface area contributed by atoms with E-state index in [-0.39, 0.29) is 29.3 Å². The third kappa shape index (κ3) is 1.25. The molecule has 0 aromatic heterocycles. The molecule has 2 heterocycles. The number of ether oxygens (including phenoxy) is 1. The lowest BCUT2D eigenvalue weighted by atomic mass is 9.51. The molecule has 5 atom stereocenters. The van der Waals surface area contributed by atoms with Gasteiger partial charge in [0.2, 0.25) is 0 Å². The predicted molar refractivity (Wildman–Crippen MR) is 77.7 cm³/mol. The molecule has 2 fully saturated rings. The first-order valence-corrected chi connectivity index (χ1v) is 8.03. The number of aliphatic hydroxyl groups excluding tert-OH is 1. The van der Waals surface area contributed by atoms with Gasteiger partial charge in [0.1, 0.15) is 6.10 Å². The Hall–Kier alpha value is -1.26. The van der Waals surface area contributed by atoms with Gasteiger partial charge in [-0.3, -0.25) is 0 Å². The van der Waals surface area contributed by atoms with Crippen LogP contribution in [-0.2, 0) is 11.8 Å². The van der Waals surface area contributed by atoms with Gasteiger partial charge in [-0.1, -0.05) is 6.07 Å². The van der Waals surface area contributed by atoms with Crippen molar-refractivity contribution in [2.24, 2.45) is 5.92 Å². The number of piperidine rings is 1. The lowest BCUT2D eigenvalue weighted by Gasteiger charge is -2.59. The van der Waals surface area contributed by atoms with Crippen molar-refractivity contribution in [1.82, 2.24) is 4.90 Å². The highest BCUT2D eigenvalue weighted by Crippen LogP contribution is 2.63. The van der Waals surface area contributed by atoms with Gasteiger partial charge >= 0.3 is 0 Å². The number of likely N-dealkylation sites (N-methyl/N-ethyl adjacent to an activating group) is 1. The maximum atomic E-state index is 10.7. The van der Waals surface area contributed by atoms with Crippen LogP contribution in [0.2, 0.25) is 0 Å². The van der Waals surface area contributed by atoms with Gasteiger partial charge in [0, 0.05) is 22.9 Å². The molecule has 4 heteroatoms. The van der Waals surface area contributed by atoms with Crippen LogP contribution >= 0.6 is 0 Å². The quantitative estimate of drug-likeness (QED) is 0.758. The Morgan fingerprint density at radius 1 is 1.33 bits per heavy atom. The second-order valence-electron chi connectivity index (χ2n) is 7.27. The summed E-state index contributed by atoms with van der Waals surface area (Å²) in [6, 6.07) is 4.22. The number of aromatic hydroxyl groups is 1. The largest absolute Gasteiger partial charge is 0.504 e. The fourth-order valence-electron chi connectivity index (χ4n) is 5.73. The average molecular weight is 287 g/mol. The van der Waals surface area contributed by atoms with Gasteiger partial charge in [-0.25, -0.2) is 0 Å². The normalized spacial score (nSPS) is 43.3. The number of aliphatic hydroxyl groups is 1. The number of nitrogens with zero attached hydrogens (tertiary/aromatic N) is 1. The molecule has 1 spiro atoms. The second kappa shape index (κ2) is 3.73. The molecule has 1 saturated carbocycles. The third-order valence-corrected chi connectivity index (χ3v) is 6.55. The van der Waals surface area contributed by atoms with Gasteiger partial charge in [-0.05, 0) is 50.9 Å². The van der Waals surface area contributed by atoms with E-state index in [1.54, 1.807) is 6.07 Å². The van der Waals surface area contributed by atoms with E-state index in [0.717, 1.165) is 32.2 Å². The summed E-state index contributed by atoms with van der Waals surface area (Å²) < 4.78 is 6.21. The van der Waals surface area contributed by atoms with Crippen LogP contribution in [0.3, 0.4) is 0 Å². The maximum absolute atomic E-state index is 10.7. The number of hydrogen-bond donors (Lipinski definition) is 2. The van der Waals surface area contributed by atoms with Crippen molar-refractivity contribution < 1.29 is 14.9 Å². The zero-order valence-electron chi connectivity index (χ0n) is 12.2. The molecular weight excluding hydrogens is 266 g/mol. The van der Waals surface area contributed by atoms with Crippen molar-refractivity contribution in [3.05, 3.63) is 23.3 Å². The molecule has 4 aliphatic rings. The molecule has 1 unspecified atom stereocenters. The van der Waals surface area contributed by atoms with Gasteiger partial charge in [-0.2, -0.15) is 0 Å². The number of benzene rings is 1. The Morgan fingerprint density at radius 2 is 2.19 bits per heavy atom.